The van der Waals surface area contributed by atoms with Crippen LogP contribution in [0.5, 0.6) is 0 Å². The predicted molar refractivity (Wildman–Crippen MR) is 108 cm³/mol. The van der Waals surface area contributed by atoms with Gasteiger partial charge in [-0.25, -0.2) is 13.1 Å². The minimum absolute atomic E-state index is 0. The van der Waals surface area contributed by atoms with Crippen molar-refractivity contribution in [3.8, 4) is 0 Å². The number of guanidine groups is 1. The van der Waals surface area contributed by atoms with E-state index in [0.29, 0.717) is 13.1 Å². The van der Waals surface area contributed by atoms with Gasteiger partial charge in [-0.15, -0.1) is 24.0 Å². The molecule has 138 valence electrons. The molecule has 1 aliphatic rings. The van der Waals surface area contributed by atoms with E-state index in [0.717, 1.165) is 24.8 Å². The molecule has 0 aliphatic heterocycles. The van der Waals surface area contributed by atoms with Crippen LogP contribution in [0.2, 0.25) is 0 Å². The fourth-order valence-electron chi connectivity index (χ4n) is 2.84. The van der Waals surface area contributed by atoms with E-state index in [4.69, 9.17) is 0 Å². The zero-order valence-electron chi connectivity index (χ0n) is 14.4. The molecule has 1 saturated carbocycles. The van der Waals surface area contributed by atoms with Gasteiger partial charge in [-0.05, 0) is 18.8 Å². The van der Waals surface area contributed by atoms with Gasteiger partial charge in [0, 0.05) is 26.7 Å². The Kier molecular flexibility index (Phi) is 13.2. The Morgan fingerprint density at radius 1 is 1.04 bits per heavy atom. The maximum absolute atomic E-state index is 10.9. The molecule has 1 fully saturated rings. The lowest BCUT2D eigenvalue weighted by atomic mass is 10.0. The number of sulfonamides is 1. The summed E-state index contributed by atoms with van der Waals surface area (Å²) in [6, 6.07) is 0. The van der Waals surface area contributed by atoms with E-state index in [1.54, 1.807) is 7.05 Å². The molecule has 0 radical (unpaired) electrons. The van der Waals surface area contributed by atoms with Crippen molar-refractivity contribution in [3.05, 3.63) is 0 Å². The van der Waals surface area contributed by atoms with Gasteiger partial charge in [0.15, 0.2) is 5.96 Å². The molecule has 0 saturated heterocycles. The molecule has 0 spiro atoms. The summed E-state index contributed by atoms with van der Waals surface area (Å²) in [4.78, 5) is 4.17. The fourth-order valence-corrected chi connectivity index (χ4v) is 3.35. The molecule has 0 aromatic carbocycles. The molecule has 0 bridgehead atoms. The van der Waals surface area contributed by atoms with Crippen molar-refractivity contribution in [3.63, 3.8) is 0 Å². The Balaban J connectivity index is 0.00000484. The average molecular weight is 460 g/mol. The van der Waals surface area contributed by atoms with E-state index >= 15 is 0 Å². The van der Waals surface area contributed by atoms with Crippen LogP contribution in [0.25, 0.3) is 0 Å². The van der Waals surface area contributed by atoms with Crippen molar-refractivity contribution < 1.29 is 8.42 Å². The summed E-state index contributed by atoms with van der Waals surface area (Å²) in [5, 5.41) is 6.49. The summed E-state index contributed by atoms with van der Waals surface area (Å²) in [5.41, 5.74) is 0. The molecule has 3 N–H and O–H groups in total. The first-order valence-electron chi connectivity index (χ1n) is 8.40. The lowest BCUT2D eigenvalue weighted by Gasteiger charge is -2.12. The highest BCUT2D eigenvalue weighted by Gasteiger charge is 2.13. The van der Waals surface area contributed by atoms with Gasteiger partial charge in [-0.2, -0.15) is 0 Å². The van der Waals surface area contributed by atoms with Gasteiger partial charge < -0.3 is 10.6 Å². The van der Waals surface area contributed by atoms with E-state index < -0.39 is 10.0 Å². The Labute approximate surface area is 158 Å². The van der Waals surface area contributed by atoms with E-state index in [9.17, 15) is 8.42 Å². The molecular weight excluding hydrogens is 427 g/mol. The summed E-state index contributed by atoms with van der Waals surface area (Å²) in [6.45, 7) is 2.09. The number of aliphatic imine (C=N–C) groups is 1. The normalized spacial score (nSPS) is 16.2. The van der Waals surface area contributed by atoms with Gasteiger partial charge in [0.25, 0.3) is 0 Å². The lowest BCUT2D eigenvalue weighted by molar-refractivity contribution is 0.472. The summed E-state index contributed by atoms with van der Waals surface area (Å²) in [6.07, 6.45) is 11.4. The molecule has 0 aromatic heterocycles. The monoisotopic (exact) mass is 460 g/mol. The molecule has 6 nitrogen and oxygen atoms in total. The smallest absolute Gasteiger partial charge is 0.208 e. The highest BCUT2D eigenvalue weighted by molar-refractivity contribution is 14.0. The standard InChI is InChI=1S/C15H32N4O2S.HI/c1-16-15(18-12-7-13-19-22(2,20)21)17-11-6-5-10-14-8-3-4-9-14;/h14,19H,3-13H2,1-2H3,(H2,16,17,18);1H. The minimum atomic E-state index is -3.08. The number of nitrogens with zero attached hydrogens (tertiary/aromatic N) is 1. The Bertz CT molecular complexity index is 423. The van der Waals surface area contributed by atoms with Crippen molar-refractivity contribution in [1.29, 1.82) is 0 Å². The third-order valence-electron chi connectivity index (χ3n) is 4.04. The van der Waals surface area contributed by atoms with Crippen LogP contribution in [0.1, 0.15) is 51.4 Å². The molecule has 0 atom stereocenters. The number of hydrogen-bond donors (Lipinski definition) is 3. The first kappa shape index (κ1) is 22.9. The zero-order valence-corrected chi connectivity index (χ0v) is 17.6. The first-order valence-corrected chi connectivity index (χ1v) is 10.3. The number of nitrogens with one attached hydrogen (secondary N) is 3. The van der Waals surface area contributed by atoms with E-state index in [2.05, 4.69) is 20.3 Å². The topological polar surface area (TPSA) is 82.6 Å². The van der Waals surface area contributed by atoms with Crippen molar-refractivity contribution in [2.75, 3.05) is 32.9 Å². The minimum Gasteiger partial charge on any atom is -0.356 e. The van der Waals surface area contributed by atoms with Crippen molar-refractivity contribution >= 4 is 40.0 Å². The summed E-state index contributed by atoms with van der Waals surface area (Å²) < 4.78 is 24.3. The molecule has 0 amide bonds. The number of rotatable bonds is 10. The summed E-state index contributed by atoms with van der Waals surface area (Å²) >= 11 is 0. The number of hydrogen-bond acceptors (Lipinski definition) is 3. The van der Waals surface area contributed by atoms with Gasteiger partial charge in [0.05, 0.1) is 6.26 Å². The number of halogens is 1. The second-order valence-electron chi connectivity index (χ2n) is 6.09. The van der Waals surface area contributed by atoms with Crippen molar-refractivity contribution in [2.45, 2.75) is 51.4 Å². The largest absolute Gasteiger partial charge is 0.356 e. The predicted octanol–water partition coefficient (Wildman–Crippen LogP) is 2.07. The van der Waals surface area contributed by atoms with Crippen LogP contribution in [0.15, 0.2) is 4.99 Å². The third kappa shape index (κ3) is 12.9. The third-order valence-corrected chi connectivity index (χ3v) is 4.77. The molecule has 23 heavy (non-hydrogen) atoms. The fraction of sp³-hybridized carbons (Fsp3) is 0.933. The first-order chi connectivity index (χ1) is 10.5. The average Bonchev–Trinajstić information content (AvgIpc) is 2.96. The molecular formula is C15H33IN4O2S. The van der Waals surface area contributed by atoms with Gasteiger partial charge in [0.2, 0.25) is 10.0 Å². The van der Waals surface area contributed by atoms with Crippen LogP contribution in [-0.2, 0) is 10.0 Å². The van der Waals surface area contributed by atoms with E-state index in [1.165, 1.54) is 51.2 Å². The molecule has 1 aliphatic carbocycles. The summed E-state index contributed by atoms with van der Waals surface area (Å²) in [7, 11) is -1.33. The van der Waals surface area contributed by atoms with Crippen LogP contribution in [0, 0.1) is 5.92 Å². The van der Waals surface area contributed by atoms with Crippen LogP contribution in [-0.4, -0.2) is 47.3 Å². The zero-order chi connectivity index (χ0) is 16.3. The van der Waals surface area contributed by atoms with Crippen molar-refractivity contribution in [2.24, 2.45) is 10.9 Å². The molecule has 0 unspecified atom stereocenters. The van der Waals surface area contributed by atoms with Gasteiger partial charge >= 0.3 is 0 Å². The molecule has 8 heteroatoms. The highest BCUT2D eigenvalue weighted by atomic mass is 127. The lowest BCUT2D eigenvalue weighted by Crippen LogP contribution is -2.39. The summed E-state index contributed by atoms with van der Waals surface area (Å²) in [5.74, 6) is 1.76. The Hall–Kier alpha value is -0.0900. The van der Waals surface area contributed by atoms with Crippen LogP contribution in [0.4, 0.5) is 0 Å². The maximum Gasteiger partial charge on any atom is 0.208 e. The quantitative estimate of drug-likeness (QED) is 0.202. The van der Waals surface area contributed by atoms with E-state index in [1.807, 2.05) is 0 Å². The van der Waals surface area contributed by atoms with Crippen LogP contribution >= 0.6 is 24.0 Å². The highest BCUT2D eigenvalue weighted by Crippen LogP contribution is 2.28. The molecule has 0 heterocycles. The van der Waals surface area contributed by atoms with Crippen LogP contribution < -0.4 is 15.4 Å². The Morgan fingerprint density at radius 3 is 2.22 bits per heavy atom. The van der Waals surface area contributed by atoms with Gasteiger partial charge in [0.1, 0.15) is 0 Å². The van der Waals surface area contributed by atoms with Gasteiger partial charge in [-0.3, -0.25) is 4.99 Å². The number of unbranched alkanes of at least 4 members (excludes halogenated alkanes) is 1. The van der Waals surface area contributed by atoms with E-state index in [-0.39, 0.29) is 24.0 Å². The van der Waals surface area contributed by atoms with Gasteiger partial charge in [-0.1, -0.05) is 38.5 Å². The second kappa shape index (κ2) is 13.2. The second-order valence-corrected chi connectivity index (χ2v) is 7.93. The SMILES string of the molecule is CN=C(NCCCCC1CCCC1)NCCCNS(C)(=O)=O.I. The maximum atomic E-state index is 10.9. The van der Waals surface area contributed by atoms with Crippen LogP contribution in [0.3, 0.4) is 0 Å². The Morgan fingerprint density at radius 2 is 1.65 bits per heavy atom. The molecule has 0 aromatic rings. The van der Waals surface area contributed by atoms with Crippen molar-refractivity contribution in [1.82, 2.24) is 15.4 Å². The molecule has 1 rings (SSSR count).